The fourth-order valence-corrected chi connectivity index (χ4v) is 3.75. The molecule has 160 valence electrons. The highest BCUT2D eigenvalue weighted by molar-refractivity contribution is 7.98. The Labute approximate surface area is 187 Å². The normalized spacial score (nSPS) is 11.7. The molecule has 2 N–H and O–H groups in total. The van der Waals surface area contributed by atoms with Crippen molar-refractivity contribution in [2.24, 2.45) is 0 Å². The molecule has 31 heavy (non-hydrogen) atoms. The highest BCUT2D eigenvalue weighted by Gasteiger charge is 2.21. The Morgan fingerprint density at radius 3 is 2.19 bits per heavy atom. The van der Waals surface area contributed by atoms with Crippen LogP contribution >= 0.6 is 11.8 Å². The molecule has 5 nitrogen and oxygen atoms in total. The summed E-state index contributed by atoms with van der Waals surface area (Å²) >= 11 is 1.58. The smallest absolute Gasteiger partial charge is 0.241 e. The number of nitrogens with one attached hydrogen (secondary N) is 2. The molecule has 3 aromatic rings. The van der Waals surface area contributed by atoms with E-state index in [1.165, 1.54) is 0 Å². The van der Waals surface area contributed by atoms with Gasteiger partial charge in [0.05, 0.1) is 18.3 Å². The average Bonchev–Trinajstić information content (AvgIpc) is 2.79. The lowest BCUT2D eigenvalue weighted by molar-refractivity contribution is -0.122. The molecule has 3 aromatic carbocycles. The standard InChI is InChI=1S/C25H27N3O2S/c1-18(28(2)17-24(29)26-22-15-9-10-16-23(22)31-3)25(30)27-21-14-8-7-13-20(21)19-11-5-4-6-12-19/h4-16,18H,17H2,1-3H3,(H,26,29)(H,27,30). The van der Waals surface area contributed by atoms with Gasteiger partial charge in [-0.2, -0.15) is 0 Å². The SMILES string of the molecule is CSc1ccccc1NC(=O)CN(C)C(C)C(=O)Nc1ccccc1-c1ccccc1. The van der Waals surface area contributed by atoms with Crippen molar-refractivity contribution in [1.82, 2.24) is 4.90 Å². The highest BCUT2D eigenvalue weighted by Crippen LogP contribution is 2.28. The molecule has 1 unspecified atom stereocenters. The van der Waals surface area contributed by atoms with Crippen LogP contribution in [-0.4, -0.2) is 42.6 Å². The van der Waals surface area contributed by atoms with E-state index in [-0.39, 0.29) is 18.4 Å². The zero-order valence-corrected chi connectivity index (χ0v) is 18.8. The van der Waals surface area contributed by atoms with Crippen molar-refractivity contribution in [3.8, 4) is 11.1 Å². The second-order valence-electron chi connectivity index (χ2n) is 7.24. The summed E-state index contributed by atoms with van der Waals surface area (Å²) in [7, 11) is 1.77. The Hall–Kier alpha value is -3.09. The first kappa shape index (κ1) is 22.6. The Balaban J connectivity index is 1.63. The van der Waals surface area contributed by atoms with E-state index in [1.807, 2.05) is 85.1 Å². The summed E-state index contributed by atoms with van der Waals surface area (Å²) in [5, 5.41) is 5.95. The zero-order chi connectivity index (χ0) is 22.2. The number of nitrogens with zero attached hydrogens (tertiary/aromatic N) is 1. The molecule has 0 spiro atoms. The van der Waals surface area contributed by atoms with Crippen molar-refractivity contribution in [2.75, 3.05) is 30.5 Å². The van der Waals surface area contributed by atoms with Gasteiger partial charge in [-0.3, -0.25) is 14.5 Å². The molecule has 0 aliphatic rings. The second kappa shape index (κ2) is 10.8. The second-order valence-corrected chi connectivity index (χ2v) is 8.09. The van der Waals surface area contributed by atoms with Crippen LogP contribution in [0.1, 0.15) is 6.92 Å². The Morgan fingerprint density at radius 2 is 1.48 bits per heavy atom. The number of hydrogen-bond acceptors (Lipinski definition) is 4. The number of carbonyl (C=O) groups excluding carboxylic acids is 2. The largest absolute Gasteiger partial charge is 0.324 e. The first-order valence-corrected chi connectivity index (χ1v) is 11.3. The van der Waals surface area contributed by atoms with Crippen LogP contribution in [-0.2, 0) is 9.59 Å². The molecule has 0 heterocycles. The molecular weight excluding hydrogens is 406 g/mol. The van der Waals surface area contributed by atoms with Gasteiger partial charge in [-0.05, 0) is 44.0 Å². The summed E-state index contributed by atoms with van der Waals surface area (Å²) in [6.45, 7) is 1.90. The maximum atomic E-state index is 12.9. The maximum Gasteiger partial charge on any atom is 0.241 e. The van der Waals surface area contributed by atoms with Crippen molar-refractivity contribution in [3.63, 3.8) is 0 Å². The van der Waals surface area contributed by atoms with E-state index in [9.17, 15) is 9.59 Å². The van der Waals surface area contributed by atoms with E-state index in [1.54, 1.807) is 30.6 Å². The first-order chi connectivity index (χ1) is 15.0. The quantitative estimate of drug-likeness (QED) is 0.492. The number of benzene rings is 3. The van der Waals surface area contributed by atoms with Gasteiger partial charge in [-0.25, -0.2) is 0 Å². The number of carbonyl (C=O) groups is 2. The van der Waals surface area contributed by atoms with Gasteiger partial charge in [0.15, 0.2) is 0 Å². The van der Waals surface area contributed by atoms with Gasteiger partial charge in [-0.15, -0.1) is 11.8 Å². The van der Waals surface area contributed by atoms with Gasteiger partial charge in [0.2, 0.25) is 11.8 Å². The minimum absolute atomic E-state index is 0.109. The Bertz CT molecular complexity index is 1040. The van der Waals surface area contributed by atoms with Crippen LogP contribution in [0.25, 0.3) is 11.1 Å². The topological polar surface area (TPSA) is 61.4 Å². The third kappa shape index (κ3) is 5.96. The summed E-state index contributed by atoms with van der Waals surface area (Å²) in [5.74, 6) is -0.323. The number of rotatable bonds is 8. The van der Waals surface area contributed by atoms with Crippen molar-refractivity contribution >= 4 is 35.0 Å². The number of thioether (sulfide) groups is 1. The number of likely N-dealkylation sites (N-methyl/N-ethyl adjacent to an activating group) is 1. The minimum atomic E-state index is -0.481. The van der Waals surface area contributed by atoms with Crippen molar-refractivity contribution < 1.29 is 9.59 Å². The van der Waals surface area contributed by atoms with Crippen molar-refractivity contribution in [1.29, 1.82) is 0 Å². The van der Waals surface area contributed by atoms with Crippen LogP contribution in [0, 0.1) is 0 Å². The van der Waals surface area contributed by atoms with Crippen molar-refractivity contribution in [3.05, 3.63) is 78.9 Å². The number of para-hydroxylation sites is 2. The lowest BCUT2D eigenvalue weighted by Crippen LogP contribution is -2.43. The molecule has 0 aliphatic carbocycles. The number of hydrogen-bond donors (Lipinski definition) is 2. The van der Waals surface area contributed by atoms with E-state index in [0.717, 1.165) is 27.4 Å². The summed E-state index contributed by atoms with van der Waals surface area (Å²) in [6, 6.07) is 24.8. The van der Waals surface area contributed by atoms with Gasteiger partial charge in [-0.1, -0.05) is 60.7 Å². The average molecular weight is 434 g/mol. The lowest BCUT2D eigenvalue weighted by Gasteiger charge is -2.24. The van der Waals surface area contributed by atoms with Crippen LogP contribution in [0.4, 0.5) is 11.4 Å². The van der Waals surface area contributed by atoms with E-state index in [2.05, 4.69) is 10.6 Å². The summed E-state index contributed by atoms with van der Waals surface area (Å²) in [4.78, 5) is 28.1. The van der Waals surface area contributed by atoms with Gasteiger partial charge in [0, 0.05) is 16.1 Å². The van der Waals surface area contributed by atoms with E-state index >= 15 is 0 Å². The zero-order valence-electron chi connectivity index (χ0n) is 18.0. The highest BCUT2D eigenvalue weighted by atomic mass is 32.2. The lowest BCUT2D eigenvalue weighted by atomic mass is 10.0. The predicted molar refractivity (Wildman–Crippen MR) is 129 cm³/mol. The van der Waals surface area contributed by atoms with E-state index < -0.39 is 6.04 Å². The summed E-state index contributed by atoms with van der Waals surface area (Å²) in [6.07, 6.45) is 1.97. The first-order valence-electron chi connectivity index (χ1n) is 10.1. The molecule has 0 aliphatic heterocycles. The molecule has 0 fully saturated rings. The van der Waals surface area contributed by atoms with E-state index in [0.29, 0.717) is 0 Å². The Kier molecular flexibility index (Phi) is 7.87. The summed E-state index contributed by atoms with van der Waals surface area (Å²) in [5.41, 5.74) is 3.52. The monoisotopic (exact) mass is 433 g/mol. The van der Waals surface area contributed by atoms with Crippen LogP contribution < -0.4 is 10.6 Å². The Morgan fingerprint density at radius 1 is 0.871 bits per heavy atom. The minimum Gasteiger partial charge on any atom is -0.324 e. The van der Waals surface area contributed by atoms with Gasteiger partial charge >= 0.3 is 0 Å². The number of amides is 2. The van der Waals surface area contributed by atoms with Crippen molar-refractivity contribution in [2.45, 2.75) is 17.9 Å². The molecule has 2 amide bonds. The third-order valence-corrected chi connectivity index (χ3v) is 5.88. The molecule has 3 rings (SSSR count). The third-order valence-electron chi connectivity index (χ3n) is 5.08. The van der Waals surface area contributed by atoms with Crippen LogP contribution in [0.3, 0.4) is 0 Å². The molecule has 0 aromatic heterocycles. The van der Waals surface area contributed by atoms with E-state index in [4.69, 9.17) is 0 Å². The fraction of sp³-hybridized carbons (Fsp3) is 0.200. The molecule has 0 saturated carbocycles. The predicted octanol–water partition coefficient (Wildman–Crippen LogP) is 4.97. The molecule has 6 heteroatoms. The number of anilines is 2. The van der Waals surface area contributed by atoms with Gasteiger partial charge < -0.3 is 10.6 Å². The van der Waals surface area contributed by atoms with Crippen LogP contribution in [0.15, 0.2) is 83.8 Å². The molecule has 0 radical (unpaired) electrons. The van der Waals surface area contributed by atoms with Gasteiger partial charge in [0.1, 0.15) is 0 Å². The van der Waals surface area contributed by atoms with Crippen LogP contribution in [0.2, 0.25) is 0 Å². The maximum absolute atomic E-state index is 12.9. The van der Waals surface area contributed by atoms with Crippen LogP contribution in [0.5, 0.6) is 0 Å². The molecule has 0 bridgehead atoms. The fourth-order valence-electron chi connectivity index (χ4n) is 3.20. The van der Waals surface area contributed by atoms with Gasteiger partial charge in [0.25, 0.3) is 0 Å². The molecule has 0 saturated heterocycles. The summed E-state index contributed by atoms with van der Waals surface area (Å²) < 4.78 is 0. The molecule has 1 atom stereocenters. The molecular formula is C25H27N3O2S.